The summed E-state index contributed by atoms with van der Waals surface area (Å²) in [7, 11) is 0. The van der Waals surface area contributed by atoms with E-state index in [0.717, 1.165) is 16.8 Å². The first-order chi connectivity index (χ1) is 16.4. The molecule has 0 saturated carbocycles. The summed E-state index contributed by atoms with van der Waals surface area (Å²) in [5, 5.41) is 1.30. The molecule has 3 aromatic rings. The maximum Gasteiger partial charge on any atom is 0.266 e. The minimum atomic E-state index is -0.270. The molecule has 4 rings (SSSR count). The molecule has 3 aromatic carbocycles. The Hall–Kier alpha value is -3.09. The van der Waals surface area contributed by atoms with Crippen molar-refractivity contribution in [3.8, 4) is 5.75 Å². The molecule has 1 amide bonds. The SMILES string of the molecule is CC(C)CN1C(=O)/C(=C/c2ccc(OCc3ccc(F)cc3)cc2)SC1=Nc1ccc(Cl)cc1. The number of nitrogens with zero attached hydrogens (tertiary/aromatic N) is 2. The van der Waals surface area contributed by atoms with Gasteiger partial charge in [0.05, 0.1) is 10.6 Å². The lowest BCUT2D eigenvalue weighted by atomic mass is 10.2. The Morgan fingerprint density at radius 2 is 1.71 bits per heavy atom. The standard InChI is InChI=1S/C27H24ClFN2O2S/c1-18(2)16-31-26(32)25(34-27(31)30-23-11-7-21(28)8-12-23)15-19-5-13-24(14-6-19)33-17-20-3-9-22(29)10-4-20/h3-15,18H,16-17H2,1-2H3/b25-15-,30-27?. The van der Waals surface area contributed by atoms with Gasteiger partial charge in [0.25, 0.3) is 5.91 Å². The summed E-state index contributed by atoms with van der Waals surface area (Å²) in [4.78, 5) is 20.2. The average molecular weight is 495 g/mol. The van der Waals surface area contributed by atoms with E-state index in [1.54, 1.807) is 29.2 Å². The van der Waals surface area contributed by atoms with Crippen molar-refractivity contribution in [2.45, 2.75) is 20.5 Å². The van der Waals surface area contributed by atoms with Crippen molar-refractivity contribution >= 4 is 46.2 Å². The fourth-order valence-electron chi connectivity index (χ4n) is 3.30. The van der Waals surface area contributed by atoms with Crippen LogP contribution in [0.5, 0.6) is 5.75 Å². The fourth-order valence-corrected chi connectivity index (χ4v) is 4.44. The van der Waals surface area contributed by atoms with Crippen LogP contribution < -0.4 is 4.74 Å². The molecular formula is C27H24ClFN2O2S. The minimum Gasteiger partial charge on any atom is -0.489 e. The number of amidine groups is 1. The Bertz CT molecular complexity index is 1210. The Morgan fingerprint density at radius 3 is 2.35 bits per heavy atom. The first-order valence-corrected chi connectivity index (χ1v) is 12.1. The van der Waals surface area contributed by atoms with E-state index >= 15 is 0 Å². The quantitative estimate of drug-likeness (QED) is 0.323. The van der Waals surface area contributed by atoms with Gasteiger partial charge in [-0.05, 0) is 83.4 Å². The summed E-state index contributed by atoms with van der Waals surface area (Å²) in [6.45, 7) is 5.09. The second-order valence-corrected chi connectivity index (χ2v) is 9.72. The van der Waals surface area contributed by atoms with Gasteiger partial charge in [-0.1, -0.05) is 49.7 Å². The largest absolute Gasteiger partial charge is 0.489 e. The highest BCUT2D eigenvalue weighted by Gasteiger charge is 2.33. The second kappa shape index (κ2) is 10.9. The Morgan fingerprint density at radius 1 is 1.03 bits per heavy atom. The lowest BCUT2D eigenvalue weighted by Gasteiger charge is -2.17. The monoisotopic (exact) mass is 494 g/mol. The zero-order valence-corrected chi connectivity index (χ0v) is 20.4. The number of ether oxygens (including phenoxy) is 1. The van der Waals surface area contributed by atoms with Crippen LogP contribution >= 0.6 is 23.4 Å². The van der Waals surface area contributed by atoms with Crippen molar-refractivity contribution in [2.24, 2.45) is 10.9 Å². The molecule has 0 aromatic heterocycles. The van der Waals surface area contributed by atoms with Crippen LogP contribution in [0.4, 0.5) is 10.1 Å². The van der Waals surface area contributed by atoms with Crippen molar-refractivity contribution in [3.05, 3.63) is 99.7 Å². The van der Waals surface area contributed by atoms with Gasteiger partial charge in [0, 0.05) is 11.6 Å². The van der Waals surface area contributed by atoms with Gasteiger partial charge in [0.15, 0.2) is 5.17 Å². The molecule has 1 aliphatic rings. The van der Waals surface area contributed by atoms with E-state index in [9.17, 15) is 9.18 Å². The molecule has 0 radical (unpaired) electrons. The maximum absolute atomic E-state index is 13.1. The highest BCUT2D eigenvalue weighted by Crippen LogP contribution is 2.35. The Kier molecular flexibility index (Phi) is 7.70. The topological polar surface area (TPSA) is 41.9 Å². The molecule has 1 saturated heterocycles. The minimum absolute atomic E-state index is 0.0527. The van der Waals surface area contributed by atoms with Gasteiger partial charge in [-0.2, -0.15) is 0 Å². The van der Waals surface area contributed by atoms with Crippen molar-refractivity contribution in [1.82, 2.24) is 4.90 Å². The fraction of sp³-hybridized carbons (Fsp3) is 0.185. The van der Waals surface area contributed by atoms with E-state index in [2.05, 4.69) is 13.8 Å². The molecule has 0 unspecified atom stereocenters. The molecule has 34 heavy (non-hydrogen) atoms. The van der Waals surface area contributed by atoms with Crippen LogP contribution in [0.15, 0.2) is 82.7 Å². The van der Waals surface area contributed by atoms with Crippen molar-refractivity contribution in [3.63, 3.8) is 0 Å². The normalized spacial score (nSPS) is 16.1. The van der Waals surface area contributed by atoms with E-state index in [4.69, 9.17) is 21.3 Å². The van der Waals surface area contributed by atoms with E-state index in [0.29, 0.717) is 39.9 Å². The van der Waals surface area contributed by atoms with Crippen LogP contribution in [0.2, 0.25) is 5.02 Å². The van der Waals surface area contributed by atoms with Gasteiger partial charge in [0.2, 0.25) is 0 Å². The van der Waals surface area contributed by atoms with Gasteiger partial charge >= 0.3 is 0 Å². The lowest BCUT2D eigenvalue weighted by molar-refractivity contribution is -0.122. The maximum atomic E-state index is 13.1. The zero-order valence-electron chi connectivity index (χ0n) is 18.9. The molecule has 4 nitrogen and oxygen atoms in total. The molecule has 7 heteroatoms. The predicted molar refractivity (Wildman–Crippen MR) is 138 cm³/mol. The Balaban J connectivity index is 1.49. The molecule has 0 atom stereocenters. The highest BCUT2D eigenvalue weighted by atomic mass is 35.5. The number of thioether (sulfide) groups is 1. The van der Waals surface area contributed by atoms with Gasteiger partial charge in [-0.15, -0.1) is 0 Å². The van der Waals surface area contributed by atoms with Gasteiger partial charge in [-0.25, -0.2) is 9.38 Å². The van der Waals surface area contributed by atoms with E-state index in [-0.39, 0.29) is 11.7 Å². The van der Waals surface area contributed by atoms with E-state index in [1.165, 1.54) is 23.9 Å². The van der Waals surface area contributed by atoms with Crippen LogP contribution in [0.25, 0.3) is 6.08 Å². The molecule has 0 aliphatic carbocycles. The van der Waals surface area contributed by atoms with Crippen molar-refractivity contribution < 1.29 is 13.9 Å². The first-order valence-electron chi connectivity index (χ1n) is 10.9. The first kappa shape index (κ1) is 24.0. The number of carbonyl (C=O) groups excluding carboxylic acids is 1. The molecule has 0 N–H and O–H groups in total. The third-order valence-electron chi connectivity index (χ3n) is 4.98. The summed E-state index contributed by atoms with van der Waals surface area (Å²) in [5.41, 5.74) is 2.53. The number of rotatable bonds is 7. The smallest absolute Gasteiger partial charge is 0.266 e. The van der Waals surface area contributed by atoms with Crippen LogP contribution in [-0.2, 0) is 11.4 Å². The average Bonchev–Trinajstić information content (AvgIpc) is 3.09. The number of carbonyl (C=O) groups is 1. The van der Waals surface area contributed by atoms with Crippen LogP contribution in [0.3, 0.4) is 0 Å². The lowest BCUT2D eigenvalue weighted by Crippen LogP contribution is -2.32. The van der Waals surface area contributed by atoms with Crippen molar-refractivity contribution in [2.75, 3.05) is 6.54 Å². The third kappa shape index (κ3) is 6.27. The predicted octanol–water partition coefficient (Wildman–Crippen LogP) is 7.32. The molecule has 1 aliphatic heterocycles. The molecular weight excluding hydrogens is 471 g/mol. The van der Waals surface area contributed by atoms with Crippen molar-refractivity contribution in [1.29, 1.82) is 0 Å². The van der Waals surface area contributed by atoms with Gasteiger partial charge in [-0.3, -0.25) is 9.69 Å². The highest BCUT2D eigenvalue weighted by molar-refractivity contribution is 8.18. The second-order valence-electron chi connectivity index (χ2n) is 8.28. The molecule has 0 bridgehead atoms. The third-order valence-corrected chi connectivity index (χ3v) is 6.24. The number of hydrogen-bond acceptors (Lipinski definition) is 4. The number of halogens is 2. The zero-order chi connectivity index (χ0) is 24.1. The van der Waals surface area contributed by atoms with Gasteiger partial charge in [0.1, 0.15) is 18.2 Å². The van der Waals surface area contributed by atoms with Crippen LogP contribution in [-0.4, -0.2) is 22.5 Å². The molecule has 174 valence electrons. The Labute approximate surface area is 208 Å². The number of amides is 1. The molecule has 1 heterocycles. The van der Waals surface area contributed by atoms with Crippen LogP contribution in [0, 0.1) is 11.7 Å². The molecule has 0 spiro atoms. The van der Waals surface area contributed by atoms with E-state index < -0.39 is 0 Å². The molecule has 1 fully saturated rings. The van der Waals surface area contributed by atoms with E-state index in [1.807, 2.05) is 42.5 Å². The number of hydrogen-bond donors (Lipinski definition) is 0. The summed E-state index contributed by atoms with van der Waals surface area (Å²) >= 11 is 7.35. The van der Waals surface area contributed by atoms with Gasteiger partial charge < -0.3 is 4.74 Å². The number of aliphatic imine (C=N–C) groups is 1. The summed E-state index contributed by atoms with van der Waals surface area (Å²) in [6.07, 6.45) is 1.87. The summed E-state index contributed by atoms with van der Waals surface area (Å²) < 4.78 is 18.8. The van der Waals surface area contributed by atoms with Crippen LogP contribution in [0.1, 0.15) is 25.0 Å². The summed E-state index contributed by atoms with van der Waals surface area (Å²) in [5.74, 6) is 0.678. The summed E-state index contributed by atoms with van der Waals surface area (Å²) in [6, 6.07) is 21.0. The number of benzene rings is 3.